The molecule has 170 valence electrons. The summed E-state index contributed by atoms with van der Waals surface area (Å²) in [7, 11) is 0. The third-order valence-corrected chi connectivity index (χ3v) is 7.34. The highest BCUT2D eigenvalue weighted by atomic mass is 79.9. The third-order valence-electron chi connectivity index (χ3n) is 6.59. The minimum absolute atomic E-state index is 0.694. The maximum absolute atomic E-state index is 11.1. The van der Waals surface area contributed by atoms with Gasteiger partial charge in [0.15, 0.2) is 0 Å². The first kappa shape index (κ1) is 22.6. The Labute approximate surface area is 208 Å². The van der Waals surface area contributed by atoms with Gasteiger partial charge in [-0.2, -0.15) is 0 Å². The maximum Gasteiger partial charge on any atom is 0.149 e. The van der Waals surface area contributed by atoms with Crippen molar-refractivity contribution < 1.29 is 9.84 Å². The number of rotatable bonds is 4. The van der Waals surface area contributed by atoms with Crippen molar-refractivity contribution in [1.29, 1.82) is 0 Å². The summed E-state index contributed by atoms with van der Waals surface area (Å²) in [5.41, 5.74) is 3.43. The zero-order chi connectivity index (χ0) is 22.8. The van der Waals surface area contributed by atoms with Gasteiger partial charge in [-0.05, 0) is 72.4 Å². The van der Waals surface area contributed by atoms with E-state index in [1.165, 1.54) is 5.56 Å². The molecule has 0 aliphatic carbocycles. The summed E-state index contributed by atoms with van der Waals surface area (Å²) < 4.78 is 7.35. The molecule has 1 fully saturated rings. The summed E-state index contributed by atoms with van der Waals surface area (Å²) in [5.74, 6) is 1.69. The first-order valence-electron chi connectivity index (χ1n) is 11.3. The lowest BCUT2D eigenvalue weighted by Crippen LogP contribution is -2.42. The van der Waals surface area contributed by atoms with E-state index in [1.54, 1.807) is 0 Å². The molecule has 5 rings (SSSR count). The van der Waals surface area contributed by atoms with Crippen LogP contribution in [0.25, 0.3) is 5.76 Å². The quantitative estimate of drug-likeness (QED) is 0.441. The molecule has 3 aromatic rings. The Morgan fingerprint density at radius 1 is 1.09 bits per heavy atom. The molecule has 2 aliphatic rings. The number of hydrogen-bond donors (Lipinski definition) is 1. The van der Waals surface area contributed by atoms with Crippen molar-refractivity contribution in [3.8, 4) is 5.75 Å². The van der Waals surface area contributed by atoms with Crippen LogP contribution in [0.3, 0.4) is 0 Å². The maximum atomic E-state index is 11.1. The lowest BCUT2D eigenvalue weighted by molar-refractivity contribution is -0.0254. The van der Waals surface area contributed by atoms with Gasteiger partial charge in [0.25, 0.3) is 0 Å². The number of pyridine rings is 1. The van der Waals surface area contributed by atoms with Crippen molar-refractivity contribution in [2.24, 2.45) is 0 Å². The summed E-state index contributed by atoms with van der Waals surface area (Å²) in [6.07, 6.45) is 7.07. The van der Waals surface area contributed by atoms with Crippen LogP contribution in [0, 0.1) is 0 Å². The molecule has 3 heterocycles. The number of piperidine rings is 1. The smallest absolute Gasteiger partial charge is 0.149 e. The Morgan fingerprint density at radius 2 is 1.88 bits per heavy atom. The minimum atomic E-state index is -0.774. The van der Waals surface area contributed by atoms with Gasteiger partial charge < -0.3 is 14.7 Å². The van der Waals surface area contributed by atoms with Gasteiger partial charge in [-0.15, -0.1) is 0 Å². The van der Waals surface area contributed by atoms with Crippen molar-refractivity contribution in [3.63, 3.8) is 0 Å². The van der Waals surface area contributed by atoms with E-state index in [0.717, 1.165) is 65.3 Å². The largest absolute Gasteiger partial charge is 0.455 e. The molecule has 0 radical (unpaired) electrons. The highest BCUT2D eigenvalue weighted by Gasteiger charge is 2.33. The molecule has 0 atom stereocenters. The molecular formula is C27H26BrClN2O2. The number of hydrogen-bond acceptors (Lipinski definition) is 4. The predicted molar refractivity (Wildman–Crippen MR) is 135 cm³/mol. The second-order valence-electron chi connectivity index (χ2n) is 8.78. The van der Waals surface area contributed by atoms with Crippen LogP contribution in [0.2, 0.25) is 5.02 Å². The second-order valence-corrected chi connectivity index (χ2v) is 10.1. The monoisotopic (exact) mass is 524 g/mol. The fourth-order valence-corrected chi connectivity index (χ4v) is 5.12. The van der Waals surface area contributed by atoms with E-state index in [4.69, 9.17) is 16.3 Å². The number of halogens is 2. The van der Waals surface area contributed by atoms with Crippen molar-refractivity contribution in [2.45, 2.75) is 31.3 Å². The first-order chi connectivity index (χ1) is 16.0. The van der Waals surface area contributed by atoms with Crippen LogP contribution >= 0.6 is 27.5 Å². The summed E-state index contributed by atoms with van der Waals surface area (Å²) in [6.45, 7) is 2.62. The number of aromatic nitrogens is 1. The molecule has 2 aliphatic heterocycles. The molecular weight excluding hydrogens is 500 g/mol. The molecule has 6 heteroatoms. The summed E-state index contributed by atoms with van der Waals surface area (Å²) >= 11 is 9.56. The lowest BCUT2D eigenvalue weighted by Gasteiger charge is -2.38. The van der Waals surface area contributed by atoms with E-state index in [1.807, 2.05) is 42.6 Å². The Morgan fingerprint density at radius 3 is 2.67 bits per heavy atom. The number of likely N-dealkylation sites (tertiary alicyclic amines) is 1. The third kappa shape index (κ3) is 5.02. The topological polar surface area (TPSA) is 45.6 Å². The summed E-state index contributed by atoms with van der Waals surface area (Å²) in [4.78, 5) is 7.03. The van der Waals surface area contributed by atoms with Gasteiger partial charge >= 0.3 is 0 Å². The number of benzene rings is 2. The lowest BCUT2D eigenvalue weighted by atomic mass is 9.84. The van der Waals surface area contributed by atoms with Crippen molar-refractivity contribution in [2.75, 3.05) is 19.6 Å². The second kappa shape index (κ2) is 9.59. The van der Waals surface area contributed by atoms with E-state index in [9.17, 15) is 5.11 Å². The normalized spacial score (nSPS) is 18.8. The van der Waals surface area contributed by atoms with Crippen LogP contribution in [0.4, 0.5) is 0 Å². The first-order valence-corrected chi connectivity index (χ1v) is 12.5. The van der Waals surface area contributed by atoms with Gasteiger partial charge in [0.05, 0.1) is 5.60 Å². The number of ether oxygens (including phenoxy) is 1. The van der Waals surface area contributed by atoms with Crippen LogP contribution in [0.5, 0.6) is 5.75 Å². The Bertz CT molecular complexity index is 1170. The molecule has 0 unspecified atom stereocenters. The number of nitrogens with zero attached hydrogens (tertiary/aromatic N) is 2. The van der Waals surface area contributed by atoms with Crippen LogP contribution in [-0.4, -0.2) is 34.6 Å². The van der Waals surface area contributed by atoms with Gasteiger partial charge in [-0.1, -0.05) is 51.8 Å². The van der Waals surface area contributed by atoms with Gasteiger partial charge in [-0.3, -0.25) is 4.98 Å². The van der Waals surface area contributed by atoms with E-state index in [0.29, 0.717) is 17.9 Å². The van der Waals surface area contributed by atoms with E-state index in [-0.39, 0.29) is 0 Å². The van der Waals surface area contributed by atoms with Gasteiger partial charge in [0, 0.05) is 41.7 Å². The summed E-state index contributed by atoms with van der Waals surface area (Å²) in [5, 5.41) is 11.8. The molecule has 0 amide bonds. The van der Waals surface area contributed by atoms with Crippen molar-refractivity contribution in [1.82, 2.24) is 9.88 Å². The highest BCUT2D eigenvalue weighted by Crippen LogP contribution is 2.35. The van der Waals surface area contributed by atoms with Gasteiger partial charge in [-0.25, -0.2) is 0 Å². The predicted octanol–water partition coefficient (Wildman–Crippen LogP) is 6.20. The molecule has 0 bridgehead atoms. The molecule has 0 spiro atoms. The SMILES string of the molecule is OC1(c2ccc(Cl)cc2)CCN(CCC=C2Oc3cc(Br)ccc3Cc3cccnc32)CC1. The average Bonchev–Trinajstić information content (AvgIpc) is 2.97. The van der Waals surface area contributed by atoms with Crippen molar-refractivity contribution in [3.05, 3.63) is 98.7 Å². The van der Waals surface area contributed by atoms with Crippen LogP contribution in [0.1, 0.15) is 41.6 Å². The molecule has 33 heavy (non-hydrogen) atoms. The zero-order valence-electron chi connectivity index (χ0n) is 18.3. The number of aliphatic hydroxyl groups is 1. The standard InChI is InChI=1S/C27H26BrClN2O2/c28-22-8-5-19-17-20-3-1-13-30-26(20)24(33-25(19)18-22)4-2-14-31-15-11-27(32,12-16-31)21-6-9-23(29)10-7-21/h1,3-10,13,18,32H,2,11-12,14-17H2. The summed E-state index contributed by atoms with van der Waals surface area (Å²) in [6, 6.07) is 17.9. The van der Waals surface area contributed by atoms with Crippen molar-refractivity contribution >= 4 is 33.3 Å². The number of fused-ring (bicyclic) bond motifs is 2. The molecule has 1 aromatic heterocycles. The van der Waals surface area contributed by atoms with E-state index < -0.39 is 5.60 Å². The molecule has 0 saturated carbocycles. The minimum Gasteiger partial charge on any atom is -0.455 e. The van der Waals surface area contributed by atoms with Crippen LogP contribution < -0.4 is 4.74 Å². The zero-order valence-corrected chi connectivity index (χ0v) is 20.6. The molecule has 1 saturated heterocycles. The Kier molecular flexibility index (Phi) is 6.57. The fraction of sp³-hybridized carbons (Fsp3) is 0.296. The van der Waals surface area contributed by atoms with Crippen LogP contribution in [-0.2, 0) is 12.0 Å². The Balaban J connectivity index is 1.26. The molecule has 2 aromatic carbocycles. The van der Waals surface area contributed by atoms with Gasteiger partial charge in [0.1, 0.15) is 17.2 Å². The van der Waals surface area contributed by atoms with E-state index >= 15 is 0 Å². The van der Waals surface area contributed by atoms with Crippen LogP contribution in [0.15, 0.2) is 71.3 Å². The molecule has 1 N–H and O–H groups in total. The molecule has 4 nitrogen and oxygen atoms in total. The average molecular weight is 526 g/mol. The highest BCUT2D eigenvalue weighted by molar-refractivity contribution is 9.10. The fourth-order valence-electron chi connectivity index (χ4n) is 4.66. The Hall–Kier alpha value is -2.18. The van der Waals surface area contributed by atoms with Gasteiger partial charge in [0.2, 0.25) is 0 Å². The van der Waals surface area contributed by atoms with E-state index in [2.05, 4.69) is 50.1 Å².